The van der Waals surface area contributed by atoms with Gasteiger partial charge in [0.1, 0.15) is 6.04 Å². The number of rotatable bonds is 9. The van der Waals surface area contributed by atoms with Crippen LogP contribution in [0.4, 0.5) is 10.5 Å². The molecule has 196 valence electrons. The lowest BCUT2D eigenvalue weighted by molar-refractivity contribution is -0.129. The van der Waals surface area contributed by atoms with Gasteiger partial charge in [-0.05, 0) is 42.5 Å². The SMILES string of the molecule is CC(C)CC(NC(=O)c1cccc(NC(=O)N(C)C2CCN(Cc3ccccc3)C2)c1)C(=O)N(C)C#N. The quantitative estimate of drug-likeness (QED) is 0.401. The Hall–Kier alpha value is -3.90. The number of hydrogen-bond acceptors (Lipinski definition) is 5. The monoisotopic (exact) mass is 504 g/mol. The molecular formula is C28H36N6O3. The van der Waals surface area contributed by atoms with Crippen LogP contribution in [-0.2, 0) is 11.3 Å². The Morgan fingerprint density at radius 3 is 2.51 bits per heavy atom. The number of benzene rings is 2. The van der Waals surface area contributed by atoms with Crippen LogP contribution in [0, 0.1) is 17.4 Å². The summed E-state index contributed by atoms with van der Waals surface area (Å²) in [7, 11) is 3.16. The van der Waals surface area contributed by atoms with Crippen LogP contribution in [0.2, 0.25) is 0 Å². The molecule has 2 N–H and O–H groups in total. The van der Waals surface area contributed by atoms with Gasteiger partial charge in [0.15, 0.2) is 6.19 Å². The van der Waals surface area contributed by atoms with Crippen molar-refractivity contribution in [3.63, 3.8) is 0 Å². The van der Waals surface area contributed by atoms with Crippen LogP contribution in [0.5, 0.6) is 0 Å². The average Bonchev–Trinajstić information content (AvgIpc) is 3.35. The van der Waals surface area contributed by atoms with E-state index in [1.807, 2.05) is 32.0 Å². The molecule has 37 heavy (non-hydrogen) atoms. The minimum absolute atomic E-state index is 0.0927. The van der Waals surface area contributed by atoms with E-state index in [2.05, 4.69) is 27.7 Å². The van der Waals surface area contributed by atoms with Crippen LogP contribution >= 0.6 is 0 Å². The van der Waals surface area contributed by atoms with Gasteiger partial charge < -0.3 is 15.5 Å². The third kappa shape index (κ3) is 7.79. The molecule has 0 aromatic heterocycles. The second-order valence-electron chi connectivity index (χ2n) is 9.94. The van der Waals surface area contributed by atoms with Crippen molar-refractivity contribution in [3.8, 4) is 6.19 Å². The minimum Gasteiger partial charge on any atom is -0.340 e. The van der Waals surface area contributed by atoms with Gasteiger partial charge >= 0.3 is 6.03 Å². The molecule has 0 bridgehead atoms. The highest BCUT2D eigenvalue weighted by Gasteiger charge is 2.29. The third-order valence-electron chi connectivity index (χ3n) is 6.53. The zero-order chi connectivity index (χ0) is 26.9. The van der Waals surface area contributed by atoms with E-state index in [9.17, 15) is 14.4 Å². The van der Waals surface area contributed by atoms with Crippen molar-refractivity contribution in [2.45, 2.75) is 45.3 Å². The predicted molar refractivity (Wildman–Crippen MR) is 142 cm³/mol. The van der Waals surface area contributed by atoms with Gasteiger partial charge in [-0.1, -0.05) is 50.2 Å². The lowest BCUT2D eigenvalue weighted by atomic mass is 10.0. The summed E-state index contributed by atoms with van der Waals surface area (Å²) < 4.78 is 0. The molecule has 1 aliphatic rings. The Balaban J connectivity index is 1.59. The van der Waals surface area contributed by atoms with Gasteiger partial charge in [-0.15, -0.1) is 0 Å². The van der Waals surface area contributed by atoms with Gasteiger partial charge in [0.05, 0.1) is 0 Å². The van der Waals surface area contributed by atoms with Crippen molar-refractivity contribution in [2.24, 2.45) is 5.92 Å². The highest BCUT2D eigenvalue weighted by molar-refractivity contribution is 5.99. The van der Waals surface area contributed by atoms with Gasteiger partial charge in [-0.3, -0.25) is 19.4 Å². The maximum Gasteiger partial charge on any atom is 0.321 e. The molecule has 2 aromatic carbocycles. The lowest BCUT2D eigenvalue weighted by Gasteiger charge is -2.25. The number of nitriles is 1. The highest BCUT2D eigenvalue weighted by atomic mass is 16.2. The summed E-state index contributed by atoms with van der Waals surface area (Å²) in [5.41, 5.74) is 2.06. The van der Waals surface area contributed by atoms with Crippen molar-refractivity contribution in [1.82, 2.24) is 20.0 Å². The molecule has 2 unspecified atom stereocenters. The van der Waals surface area contributed by atoms with E-state index in [1.165, 1.54) is 12.6 Å². The molecule has 2 atom stereocenters. The highest BCUT2D eigenvalue weighted by Crippen LogP contribution is 2.19. The molecule has 4 amide bonds. The van der Waals surface area contributed by atoms with E-state index >= 15 is 0 Å². The standard InChI is InChI=1S/C28H36N6O3/c1-20(2)15-25(27(36)32(3)19-29)31-26(35)22-11-8-12-23(16-22)30-28(37)33(4)24-13-14-34(18-24)17-21-9-6-5-7-10-21/h5-12,16,20,24-25H,13-15,17-18H2,1-4H3,(H,30,37)(H,31,35). The Kier molecular flexibility index (Phi) is 9.64. The van der Waals surface area contributed by atoms with E-state index in [0.717, 1.165) is 31.0 Å². The average molecular weight is 505 g/mol. The van der Waals surface area contributed by atoms with E-state index in [0.29, 0.717) is 17.7 Å². The van der Waals surface area contributed by atoms with Crippen LogP contribution in [-0.4, -0.2) is 71.8 Å². The first-order valence-electron chi connectivity index (χ1n) is 12.6. The Morgan fingerprint density at radius 2 is 1.84 bits per heavy atom. The molecule has 0 spiro atoms. The third-order valence-corrected chi connectivity index (χ3v) is 6.53. The van der Waals surface area contributed by atoms with Crippen molar-refractivity contribution in [3.05, 3.63) is 65.7 Å². The minimum atomic E-state index is -0.817. The maximum absolute atomic E-state index is 13.0. The fourth-order valence-electron chi connectivity index (χ4n) is 4.45. The van der Waals surface area contributed by atoms with Crippen molar-refractivity contribution in [1.29, 1.82) is 5.26 Å². The molecule has 9 nitrogen and oxygen atoms in total. The molecule has 0 aliphatic carbocycles. The molecule has 1 aliphatic heterocycles. The lowest BCUT2D eigenvalue weighted by Crippen LogP contribution is -2.46. The zero-order valence-electron chi connectivity index (χ0n) is 22.0. The van der Waals surface area contributed by atoms with Crippen LogP contribution in [0.3, 0.4) is 0 Å². The summed E-state index contributed by atoms with van der Waals surface area (Å²) in [6, 6.07) is 15.9. The normalized spacial score (nSPS) is 16.1. The number of anilines is 1. The number of carbonyl (C=O) groups excluding carboxylic acids is 3. The number of likely N-dealkylation sites (tertiary alicyclic amines) is 1. The van der Waals surface area contributed by atoms with Crippen molar-refractivity contribution in [2.75, 3.05) is 32.5 Å². The van der Waals surface area contributed by atoms with Gasteiger partial charge in [-0.25, -0.2) is 4.79 Å². The largest absolute Gasteiger partial charge is 0.340 e. The van der Waals surface area contributed by atoms with Gasteiger partial charge in [-0.2, -0.15) is 5.26 Å². The molecular weight excluding hydrogens is 468 g/mol. The fourth-order valence-corrected chi connectivity index (χ4v) is 4.45. The Bertz CT molecular complexity index is 1130. The molecule has 1 heterocycles. The van der Waals surface area contributed by atoms with Crippen LogP contribution in [0.25, 0.3) is 0 Å². The number of nitrogens with one attached hydrogen (secondary N) is 2. The summed E-state index contributed by atoms with van der Waals surface area (Å²) in [5.74, 6) is -0.766. The summed E-state index contributed by atoms with van der Waals surface area (Å²) >= 11 is 0. The second-order valence-corrected chi connectivity index (χ2v) is 9.94. The van der Waals surface area contributed by atoms with Crippen LogP contribution in [0.1, 0.15) is 42.6 Å². The smallest absolute Gasteiger partial charge is 0.321 e. The number of amides is 4. The maximum atomic E-state index is 13.0. The summed E-state index contributed by atoms with van der Waals surface area (Å²) in [6.07, 6.45) is 3.08. The van der Waals surface area contributed by atoms with Gasteiger partial charge in [0.25, 0.3) is 11.8 Å². The summed E-state index contributed by atoms with van der Waals surface area (Å²) in [4.78, 5) is 43.4. The van der Waals surface area contributed by atoms with Crippen molar-refractivity contribution < 1.29 is 14.4 Å². The molecule has 3 rings (SSSR count). The van der Waals surface area contributed by atoms with Gasteiger partial charge in [0, 0.05) is 51.0 Å². The number of nitrogens with zero attached hydrogens (tertiary/aromatic N) is 4. The van der Waals surface area contributed by atoms with Crippen LogP contribution < -0.4 is 10.6 Å². The van der Waals surface area contributed by atoms with E-state index in [-0.39, 0.29) is 18.0 Å². The molecule has 9 heteroatoms. The molecule has 1 saturated heterocycles. The summed E-state index contributed by atoms with van der Waals surface area (Å²) in [6.45, 7) is 6.45. The zero-order valence-corrected chi connectivity index (χ0v) is 22.0. The molecule has 1 fully saturated rings. The molecule has 2 aromatic rings. The Morgan fingerprint density at radius 1 is 1.11 bits per heavy atom. The fraction of sp³-hybridized carbons (Fsp3) is 0.429. The number of likely N-dealkylation sites (N-methyl/N-ethyl adjacent to an activating group) is 2. The first kappa shape index (κ1) is 27.7. The van der Waals surface area contributed by atoms with E-state index in [4.69, 9.17) is 5.26 Å². The Labute approximate surface area is 219 Å². The molecule has 0 saturated carbocycles. The number of hydrogen-bond donors (Lipinski definition) is 2. The summed E-state index contributed by atoms with van der Waals surface area (Å²) in [5, 5.41) is 14.7. The molecule has 0 radical (unpaired) electrons. The topological polar surface area (TPSA) is 109 Å². The second kappa shape index (κ2) is 12.9. The first-order chi connectivity index (χ1) is 17.7. The predicted octanol–water partition coefficient (Wildman–Crippen LogP) is 3.51. The first-order valence-corrected chi connectivity index (χ1v) is 12.6. The van der Waals surface area contributed by atoms with E-state index < -0.39 is 17.9 Å². The number of carbonyl (C=O) groups is 3. The number of urea groups is 1. The van der Waals surface area contributed by atoms with Crippen LogP contribution in [0.15, 0.2) is 54.6 Å². The van der Waals surface area contributed by atoms with Crippen molar-refractivity contribution >= 4 is 23.5 Å². The van der Waals surface area contributed by atoms with E-state index in [1.54, 1.807) is 42.4 Å². The van der Waals surface area contributed by atoms with Gasteiger partial charge in [0.2, 0.25) is 0 Å².